The Morgan fingerprint density at radius 2 is 1.25 bits per heavy atom. The Morgan fingerprint density at radius 3 is 1.55 bits per heavy atom. The maximum absolute atomic E-state index is 10.1. The molecule has 0 radical (unpaired) electrons. The smallest absolute Gasteiger partial charge is 0.157 e. The van der Waals surface area contributed by atoms with E-state index in [1.165, 1.54) is 0 Å². The molecule has 6 heteroatoms. The van der Waals surface area contributed by atoms with Crippen molar-refractivity contribution in [1.82, 2.24) is 0 Å². The van der Waals surface area contributed by atoms with Gasteiger partial charge in [0.15, 0.2) is 12.6 Å². The number of hydrogen-bond donors (Lipinski definition) is 2. The first kappa shape index (κ1) is 16.1. The molecule has 2 heterocycles. The van der Waals surface area contributed by atoms with Crippen molar-refractivity contribution in [3.63, 3.8) is 0 Å². The molecule has 2 aliphatic heterocycles. The fourth-order valence-electron chi connectivity index (χ4n) is 2.89. The summed E-state index contributed by atoms with van der Waals surface area (Å²) in [6.45, 7) is 0. The molecule has 118 valence electrons. The lowest BCUT2D eigenvalue weighted by Gasteiger charge is -2.22. The van der Waals surface area contributed by atoms with Crippen LogP contribution in [0.2, 0.25) is 0 Å². The topological polar surface area (TPSA) is 77.4 Å². The normalized spacial score (nSPS) is 37.2. The van der Waals surface area contributed by atoms with Gasteiger partial charge in [-0.2, -0.15) is 0 Å². The SMILES string of the molecule is COC1CC[C@@H]([C@@H](O)CC[C@H](O)[C@@H]2CCC(OC)O2)O1. The van der Waals surface area contributed by atoms with Crippen LogP contribution in [0, 0.1) is 0 Å². The summed E-state index contributed by atoms with van der Waals surface area (Å²) in [4.78, 5) is 0. The van der Waals surface area contributed by atoms with Crippen LogP contribution in [-0.2, 0) is 18.9 Å². The van der Waals surface area contributed by atoms with Crippen molar-refractivity contribution < 1.29 is 29.2 Å². The van der Waals surface area contributed by atoms with Crippen LogP contribution in [0.4, 0.5) is 0 Å². The van der Waals surface area contributed by atoms with Crippen molar-refractivity contribution >= 4 is 0 Å². The molecular formula is C14H26O6. The number of ether oxygens (including phenoxy) is 4. The third-order valence-electron chi connectivity index (χ3n) is 4.17. The van der Waals surface area contributed by atoms with Gasteiger partial charge < -0.3 is 29.2 Å². The van der Waals surface area contributed by atoms with Crippen molar-refractivity contribution in [3.05, 3.63) is 0 Å². The molecule has 6 atom stereocenters. The highest BCUT2D eigenvalue weighted by Gasteiger charge is 2.33. The largest absolute Gasteiger partial charge is 0.390 e. The monoisotopic (exact) mass is 290 g/mol. The molecule has 0 saturated carbocycles. The average molecular weight is 290 g/mol. The van der Waals surface area contributed by atoms with E-state index in [0.717, 1.165) is 25.7 Å². The number of aliphatic hydroxyl groups is 2. The molecule has 2 fully saturated rings. The molecule has 2 saturated heterocycles. The fraction of sp³-hybridized carbons (Fsp3) is 1.00. The lowest BCUT2D eigenvalue weighted by atomic mass is 10.00. The lowest BCUT2D eigenvalue weighted by molar-refractivity contribution is -0.148. The van der Waals surface area contributed by atoms with E-state index >= 15 is 0 Å². The van der Waals surface area contributed by atoms with E-state index in [1.807, 2.05) is 0 Å². The van der Waals surface area contributed by atoms with Crippen LogP contribution in [0.25, 0.3) is 0 Å². The van der Waals surface area contributed by atoms with Gasteiger partial charge in [-0.25, -0.2) is 0 Å². The Labute approximate surface area is 120 Å². The van der Waals surface area contributed by atoms with E-state index in [-0.39, 0.29) is 24.8 Å². The number of hydrogen-bond acceptors (Lipinski definition) is 6. The number of methoxy groups -OCH3 is 2. The lowest BCUT2D eigenvalue weighted by Crippen LogP contribution is -2.31. The van der Waals surface area contributed by atoms with Gasteiger partial charge in [-0.1, -0.05) is 0 Å². The molecule has 0 amide bonds. The number of aliphatic hydroxyl groups excluding tert-OH is 2. The van der Waals surface area contributed by atoms with E-state index in [2.05, 4.69) is 0 Å². The molecule has 0 aromatic heterocycles. The molecule has 0 spiro atoms. The van der Waals surface area contributed by atoms with Gasteiger partial charge in [0.05, 0.1) is 24.4 Å². The quantitative estimate of drug-likeness (QED) is 0.722. The van der Waals surface area contributed by atoms with Gasteiger partial charge in [0, 0.05) is 27.1 Å². The summed E-state index contributed by atoms with van der Waals surface area (Å²) >= 11 is 0. The van der Waals surface area contributed by atoms with Crippen LogP contribution >= 0.6 is 0 Å². The first-order valence-electron chi connectivity index (χ1n) is 7.36. The first-order chi connectivity index (χ1) is 9.63. The Morgan fingerprint density at radius 1 is 0.850 bits per heavy atom. The molecule has 0 aliphatic carbocycles. The summed E-state index contributed by atoms with van der Waals surface area (Å²) in [6.07, 6.45) is 2.27. The standard InChI is InChI=1S/C14H26O6/c1-17-13-7-5-11(19-13)9(15)3-4-10(16)12-6-8-14(18-2)20-12/h9-16H,3-8H2,1-2H3/t9-,10-,11-,12-,13?,14?/m0/s1. The maximum atomic E-state index is 10.1. The predicted octanol–water partition coefficient (Wildman–Crippen LogP) is 0.791. The average Bonchev–Trinajstić information content (AvgIpc) is 3.12. The van der Waals surface area contributed by atoms with E-state index in [1.54, 1.807) is 14.2 Å². The van der Waals surface area contributed by atoms with Gasteiger partial charge in [-0.3, -0.25) is 0 Å². The van der Waals surface area contributed by atoms with Gasteiger partial charge in [0.2, 0.25) is 0 Å². The first-order valence-corrected chi connectivity index (χ1v) is 7.36. The molecule has 2 N–H and O–H groups in total. The molecule has 0 bridgehead atoms. The fourth-order valence-corrected chi connectivity index (χ4v) is 2.89. The van der Waals surface area contributed by atoms with Gasteiger partial charge in [0.1, 0.15) is 0 Å². The third-order valence-corrected chi connectivity index (χ3v) is 4.17. The second kappa shape index (κ2) is 7.68. The molecule has 20 heavy (non-hydrogen) atoms. The predicted molar refractivity (Wildman–Crippen MR) is 71.1 cm³/mol. The van der Waals surface area contributed by atoms with Crippen LogP contribution in [0.3, 0.4) is 0 Å². The van der Waals surface area contributed by atoms with Crippen LogP contribution < -0.4 is 0 Å². The summed E-state index contributed by atoms with van der Waals surface area (Å²) in [5, 5.41) is 20.2. The second-order valence-corrected chi connectivity index (χ2v) is 5.55. The Hall–Kier alpha value is -0.240. The zero-order valence-corrected chi connectivity index (χ0v) is 12.2. The highest BCUT2D eigenvalue weighted by molar-refractivity contribution is 4.80. The minimum absolute atomic E-state index is 0.191. The highest BCUT2D eigenvalue weighted by atomic mass is 16.7. The second-order valence-electron chi connectivity index (χ2n) is 5.55. The van der Waals surface area contributed by atoms with E-state index < -0.39 is 12.2 Å². The van der Waals surface area contributed by atoms with Crippen molar-refractivity contribution in [2.45, 2.75) is 75.5 Å². The van der Waals surface area contributed by atoms with Crippen LogP contribution in [0.5, 0.6) is 0 Å². The van der Waals surface area contributed by atoms with Gasteiger partial charge in [0.25, 0.3) is 0 Å². The summed E-state index contributed by atoms with van der Waals surface area (Å²) in [5.74, 6) is 0. The molecule has 6 nitrogen and oxygen atoms in total. The van der Waals surface area contributed by atoms with Crippen molar-refractivity contribution in [3.8, 4) is 0 Å². The van der Waals surface area contributed by atoms with Crippen LogP contribution in [0.1, 0.15) is 38.5 Å². The minimum atomic E-state index is -0.565. The van der Waals surface area contributed by atoms with E-state index in [0.29, 0.717) is 12.8 Å². The molecule has 2 rings (SSSR count). The van der Waals surface area contributed by atoms with Crippen molar-refractivity contribution in [2.75, 3.05) is 14.2 Å². The molecular weight excluding hydrogens is 264 g/mol. The van der Waals surface area contributed by atoms with Gasteiger partial charge in [-0.05, 0) is 25.7 Å². The zero-order chi connectivity index (χ0) is 14.5. The summed E-state index contributed by atoms with van der Waals surface area (Å²) in [7, 11) is 3.21. The van der Waals surface area contributed by atoms with Gasteiger partial charge >= 0.3 is 0 Å². The van der Waals surface area contributed by atoms with Gasteiger partial charge in [-0.15, -0.1) is 0 Å². The Bertz CT molecular complexity index is 259. The molecule has 0 aromatic rings. The summed E-state index contributed by atoms with van der Waals surface area (Å²) in [6, 6.07) is 0. The van der Waals surface area contributed by atoms with Crippen LogP contribution in [-0.4, -0.2) is 61.4 Å². The van der Waals surface area contributed by atoms with Crippen molar-refractivity contribution in [2.24, 2.45) is 0 Å². The van der Waals surface area contributed by atoms with E-state index in [4.69, 9.17) is 18.9 Å². The van der Waals surface area contributed by atoms with Crippen LogP contribution in [0.15, 0.2) is 0 Å². The Balaban J connectivity index is 1.67. The molecule has 2 unspecified atom stereocenters. The summed E-state index contributed by atoms with van der Waals surface area (Å²) < 4.78 is 21.3. The van der Waals surface area contributed by atoms with Crippen molar-refractivity contribution in [1.29, 1.82) is 0 Å². The minimum Gasteiger partial charge on any atom is -0.390 e. The molecule has 0 aromatic carbocycles. The zero-order valence-electron chi connectivity index (χ0n) is 12.2. The third kappa shape index (κ3) is 4.13. The number of rotatable bonds is 7. The summed E-state index contributed by atoms with van der Waals surface area (Å²) in [5.41, 5.74) is 0. The highest BCUT2D eigenvalue weighted by Crippen LogP contribution is 2.27. The van der Waals surface area contributed by atoms with E-state index in [9.17, 15) is 10.2 Å². The molecule has 2 aliphatic rings. The Kier molecular flexibility index (Phi) is 6.20. The maximum Gasteiger partial charge on any atom is 0.157 e.